The zero-order valence-corrected chi connectivity index (χ0v) is 9.49. The van der Waals surface area contributed by atoms with Crippen LogP contribution in [-0.4, -0.2) is 6.54 Å². The van der Waals surface area contributed by atoms with Crippen LogP contribution in [0.25, 0.3) is 0 Å². The number of halogens is 1. The van der Waals surface area contributed by atoms with E-state index in [1.807, 2.05) is 6.07 Å². The van der Waals surface area contributed by atoms with Gasteiger partial charge in [-0.25, -0.2) is 0 Å². The molecular weight excluding hydrogens is 194 g/mol. The molecule has 1 aromatic rings. The summed E-state index contributed by atoms with van der Waals surface area (Å²) >= 11 is 6.06. The third kappa shape index (κ3) is 1.79. The highest BCUT2D eigenvalue weighted by atomic mass is 35.5. The monoisotopic (exact) mass is 209 g/mol. The standard InChI is InChI=1S/C12H16ClN/c1-9-6-10(8-11(13)7-9)12(2)4-3-5-14-12/h6-8,14H,3-5H2,1-2H3. The molecule has 0 radical (unpaired) electrons. The molecule has 2 rings (SSSR count). The largest absolute Gasteiger partial charge is 0.308 e. The second kappa shape index (κ2) is 3.56. The number of rotatable bonds is 1. The van der Waals surface area contributed by atoms with Crippen LogP contribution in [0.15, 0.2) is 18.2 Å². The Bertz CT molecular complexity index is 320. The van der Waals surface area contributed by atoms with Gasteiger partial charge in [-0.3, -0.25) is 0 Å². The Morgan fingerprint density at radius 2 is 2.14 bits per heavy atom. The van der Waals surface area contributed by atoms with Crippen LogP contribution in [0.3, 0.4) is 0 Å². The van der Waals surface area contributed by atoms with Crippen molar-refractivity contribution in [2.24, 2.45) is 0 Å². The molecule has 1 fully saturated rings. The van der Waals surface area contributed by atoms with Crippen LogP contribution in [-0.2, 0) is 5.54 Å². The molecule has 0 aromatic heterocycles. The van der Waals surface area contributed by atoms with Crippen LogP contribution >= 0.6 is 11.6 Å². The Hall–Kier alpha value is -0.530. The third-order valence-electron chi connectivity index (χ3n) is 3.05. The summed E-state index contributed by atoms with van der Waals surface area (Å²) in [6.45, 7) is 5.46. The normalized spacial score (nSPS) is 26.8. The Kier molecular flexibility index (Phi) is 2.54. The maximum Gasteiger partial charge on any atom is 0.0412 e. The molecule has 0 saturated carbocycles. The summed E-state index contributed by atoms with van der Waals surface area (Å²) in [6.07, 6.45) is 2.45. The van der Waals surface area contributed by atoms with E-state index < -0.39 is 0 Å². The van der Waals surface area contributed by atoms with Crippen molar-refractivity contribution in [2.45, 2.75) is 32.2 Å². The first-order valence-corrected chi connectivity index (χ1v) is 5.51. The number of hydrogen-bond acceptors (Lipinski definition) is 1. The topological polar surface area (TPSA) is 12.0 Å². The van der Waals surface area contributed by atoms with E-state index in [2.05, 4.69) is 31.3 Å². The van der Waals surface area contributed by atoms with Crippen LogP contribution in [0.2, 0.25) is 5.02 Å². The lowest BCUT2D eigenvalue weighted by atomic mass is 9.90. The van der Waals surface area contributed by atoms with Gasteiger partial charge in [-0.15, -0.1) is 0 Å². The van der Waals surface area contributed by atoms with E-state index in [4.69, 9.17) is 11.6 Å². The van der Waals surface area contributed by atoms with Crippen molar-refractivity contribution < 1.29 is 0 Å². The minimum Gasteiger partial charge on any atom is -0.308 e. The maximum atomic E-state index is 6.06. The van der Waals surface area contributed by atoms with Crippen LogP contribution in [0.5, 0.6) is 0 Å². The number of hydrogen-bond donors (Lipinski definition) is 1. The minimum atomic E-state index is 0.135. The van der Waals surface area contributed by atoms with E-state index in [1.165, 1.54) is 24.0 Å². The van der Waals surface area contributed by atoms with E-state index in [0.717, 1.165) is 11.6 Å². The summed E-state index contributed by atoms with van der Waals surface area (Å²) in [5.74, 6) is 0. The van der Waals surface area contributed by atoms with Gasteiger partial charge in [0, 0.05) is 10.6 Å². The van der Waals surface area contributed by atoms with Gasteiger partial charge in [0.1, 0.15) is 0 Å². The molecule has 0 aliphatic carbocycles. The van der Waals surface area contributed by atoms with Gasteiger partial charge in [-0.05, 0) is 56.5 Å². The fourth-order valence-electron chi connectivity index (χ4n) is 2.20. The van der Waals surface area contributed by atoms with Crippen LogP contribution < -0.4 is 5.32 Å². The van der Waals surface area contributed by atoms with Crippen LogP contribution in [0.4, 0.5) is 0 Å². The van der Waals surface area contributed by atoms with Gasteiger partial charge in [0.25, 0.3) is 0 Å². The predicted molar refractivity (Wildman–Crippen MR) is 60.8 cm³/mol. The molecule has 1 saturated heterocycles. The molecule has 1 aliphatic heterocycles. The van der Waals surface area contributed by atoms with Gasteiger partial charge >= 0.3 is 0 Å². The fourth-order valence-corrected chi connectivity index (χ4v) is 2.49. The summed E-state index contributed by atoms with van der Waals surface area (Å²) in [7, 11) is 0. The Morgan fingerprint density at radius 3 is 2.71 bits per heavy atom. The highest BCUT2D eigenvalue weighted by Gasteiger charge is 2.29. The summed E-state index contributed by atoms with van der Waals surface area (Å²) in [4.78, 5) is 0. The minimum absolute atomic E-state index is 0.135. The zero-order chi connectivity index (χ0) is 10.2. The first-order chi connectivity index (χ1) is 6.60. The van der Waals surface area contributed by atoms with Gasteiger partial charge in [0.15, 0.2) is 0 Å². The average molecular weight is 210 g/mol. The van der Waals surface area contributed by atoms with E-state index in [9.17, 15) is 0 Å². The third-order valence-corrected chi connectivity index (χ3v) is 3.27. The summed E-state index contributed by atoms with van der Waals surface area (Å²) in [5.41, 5.74) is 2.69. The van der Waals surface area contributed by atoms with E-state index >= 15 is 0 Å². The summed E-state index contributed by atoms with van der Waals surface area (Å²) < 4.78 is 0. The molecule has 1 heterocycles. The van der Waals surface area contributed by atoms with Gasteiger partial charge in [0.05, 0.1) is 0 Å². The molecule has 76 valence electrons. The number of nitrogens with one attached hydrogen (secondary N) is 1. The van der Waals surface area contributed by atoms with Gasteiger partial charge < -0.3 is 5.32 Å². The van der Waals surface area contributed by atoms with Crippen molar-refractivity contribution in [3.8, 4) is 0 Å². The Labute approximate surface area is 90.5 Å². The quantitative estimate of drug-likeness (QED) is 0.749. The molecule has 1 N–H and O–H groups in total. The highest BCUT2D eigenvalue weighted by Crippen LogP contribution is 2.32. The second-order valence-electron chi connectivity index (χ2n) is 4.38. The average Bonchev–Trinajstić information content (AvgIpc) is 2.52. The fraction of sp³-hybridized carbons (Fsp3) is 0.500. The number of aryl methyl sites for hydroxylation is 1. The molecule has 0 spiro atoms. The van der Waals surface area contributed by atoms with E-state index in [1.54, 1.807) is 0 Å². The van der Waals surface area contributed by atoms with E-state index in [-0.39, 0.29) is 5.54 Å². The molecular formula is C12H16ClN. The van der Waals surface area contributed by atoms with Gasteiger partial charge in [-0.2, -0.15) is 0 Å². The molecule has 0 bridgehead atoms. The lowest BCUT2D eigenvalue weighted by Crippen LogP contribution is -2.33. The molecule has 1 aliphatic rings. The first kappa shape index (κ1) is 10.0. The molecule has 1 atom stereocenters. The van der Waals surface area contributed by atoms with Crippen molar-refractivity contribution in [3.05, 3.63) is 34.3 Å². The Balaban J connectivity index is 2.40. The molecule has 0 amide bonds. The second-order valence-corrected chi connectivity index (χ2v) is 4.82. The van der Waals surface area contributed by atoms with Gasteiger partial charge in [-0.1, -0.05) is 17.7 Å². The lowest BCUT2D eigenvalue weighted by molar-refractivity contribution is 0.434. The molecule has 2 heteroatoms. The summed E-state index contributed by atoms with van der Waals surface area (Å²) in [5, 5.41) is 4.39. The molecule has 1 nitrogen and oxygen atoms in total. The first-order valence-electron chi connectivity index (χ1n) is 5.13. The lowest BCUT2D eigenvalue weighted by Gasteiger charge is -2.25. The highest BCUT2D eigenvalue weighted by molar-refractivity contribution is 6.30. The SMILES string of the molecule is Cc1cc(Cl)cc(C2(C)CCCN2)c1. The van der Waals surface area contributed by atoms with Crippen LogP contribution in [0.1, 0.15) is 30.9 Å². The Morgan fingerprint density at radius 1 is 1.36 bits per heavy atom. The van der Waals surface area contributed by atoms with Crippen molar-refractivity contribution in [1.29, 1.82) is 0 Å². The summed E-state index contributed by atoms with van der Waals surface area (Å²) in [6, 6.07) is 6.31. The predicted octanol–water partition coefficient (Wildman–Crippen LogP) is 3.25. The van der Waals surface area contributed by atoms with E-state index in [0.29, 0.717) is 0 Å². The maximum absolute atomic E-state index is 6.06. The van der Waals surface area contributed by atoms with Crippen molar-refractivity contribution >= 4 is 11.6 Å². The zero-order valence-electron chi connectivity index (χ0n) is 8.73. The van der Waals surface area contributed by atoms with Crippen molar-refractivity contribution in [2.75, 3.05) is 6.54 Å². The molecule has 1 aromatic carbocycles. The smallest absolute Gasteiger partial charge is 0.0412 e. The van der Waals surface area contributed by atoms with Crippen molar-refractivity contribution in [3.63, 3.8) is 0 Å². The molecule has 1 unspecified atom stereocenters. The van der Waals surface area contributed by atoms with Gasteiger partial charge in [0.2, 0.25) is 0 Å². The van der Waals surface area contributed by atoms with Crippen molar-refractivity contribution in [1.82, 2.24) is 5.32 Å². The number of benzene rings is 1. The van der Waals surface area contributed by atoms with Crippen LogP contribution in [0, 0.1) is 6.92 Å². The molecule has 14 heavy (non-hydrogen) atoms.